The molecule has 1 aromatic rings. The molecule has 1 aliphatic heterocycles. The van der Waals surface area contributed by atoms with Crippen molar-refractivity contribution in [2.45, 2.75) is 19.3 Å². The number of benzene rings is 1. The third kappa shape index (κ3) is 3.10. The third-order valence-electron chi connectivity index (χ3n) is 2.91. The van der Waals surface area contributed by atoms with E-state index in [1.807, 2.05) is 30.3 Å². The summed E-state index contributed by atoms with van der Waals surface area (Å²) in [6.07, 6.45) is 4.06. The van der Waals surface area contributed by atoms with Crippen molar-refractivity contribution in [1.29, 1.82) is 0 Å². The van der Waals surface area contributed by atoms with Gasteiger partial charge < -0.3 is 0 Å². The second kappa shape index (κ2) is 5.36. The Morgan fingerprint density at radius 1 is 1.07 bits per heavy atom. The number of hydrogen-bond acceptors (Lipinski definition) is 1. The summed E-state index contributed by atoms with van der Waals surface area (Å²) in [6.45, 7) is 0. The highest BCUT2D eigenvalue weighted by atomic mass is 32.2. The van der Waals surface area contributed by atoms with Crippen molar-refractivity contribution in [3.8, 4) is 0 Å². The minimum Gasteiger partial charge on any atom is -0.293 e. The van der Waals surface area contributed by atoms with E-state index >= 15 is 0 Å². The smallest absolute Gasteiger partial charge is 0.170 e. The topological polar surface area (TPSA) is 17.1 Å². The highest BCUT2D eigenvalue weighted by Crippen LogP contribution is 2.33. The Morgan fingerprint density at radius 3 is 2.40 bits per heavy atom. The molecule has 1 heterocycles. The molecule has 1 saturated heterocycles. The van der Waals surface area contributed by atoms with Crippen LogP contribution in [0.3, 0.4) is 0 Å². The average molecular weight is 222 g/mol. The molecule has 1 nitrogen and oxygen atoms in total. The molecule has 0 bridgehead atoms. The SMILES string of the molecule is O=C(C[SH]1CCCCC1)c1ccccc1. The first-order valence-corrected chi connectivity index (χ1v) is 7.56. The van der Waals surface area contributed by atoms with Crippen molar-refractivity contribution in [3.05, 3.63) is 35.9 Å². The van der Waals surface area contributed by atoms with Crippen LogP contribution in [-0.4, -0.2) is 23.0 Å². The lowest BCUT2D eigenvalue weighted by Gasteiger charge is -2.25. The molecule has 0 N–H and O–H groups in total. The monoisotopic (exact) mass is 222 g/mol. The van der Waals surface area contributed by atoms with Gasteiger partial charge in [0.2, 0.25) is 0 Å². The molecule has 2 heteroatoms. The van der Waals surface area contributed by atoms with Crippen molar-refractivity contribution < 1.29 is 4.79 Å². The quantitative estimate of drug-likeness (QED) is 0.614. The summed E-state index contributed by atoms with van der Waals surface area (Å²) in [5.74, 6) is 3.80. The molecular formula is C13H18OS. The highest BCUT2D eigenvalue weighted by Gasteiger charge is 2.14. The average Bonchev–Trinajstić information content (AvgIpc) is 2.31. The molecule has 0 atom stereocenters. The van der Waals surface area contributed by atoms with Gasteiger partial charge >= 0.3 is 0 Å². The molecule has 82 valence electrons. The number of Topliss-reactive ketones (excluding diaryl/α,β-unsaturated/α-hetero) is 1. The van der Waals surface area contributed by atoms with Crippen molar-refractivity contribution >= 4 is 16.7 Å². The van der Waals surface area contributed by atoms with Crippen LogP contribution in [0.5, 0.6) is 0 Å². The van der Waals surface area contributed by atoms with Crippen LogP contribution in [0.25, 0.3) is 0 Å². The van der Waals surface area contributed by atoms with Crippen molar-refractivity contribution in [1.82, 2.24) is 0 Å². The predicted octanol–water partition coefficient (Wildman–Crippen LogP) is 3.05. The van der Waals surface area contributed by atoms with E-state index in [1.165, 1.54) is 30.8 Å². The van der Waals surface area contributed by atoms with E-state index in [-0.39, 0.29) is 10.9 Å². The van der Waals surface area contributed by atoms with Crippen LogP contribution in [0.1, 0.15) is 29.6 Å². The van der Waals surface area contributed by atoms with Crippen LogP contribution in [0.2, 0.25) is 0 Å². The fourth-order valence-electron chi connectivity index (χ4n) is 2.04. The standard InChI is InChI=1S/C13H18OS/c14-13(12-7-3-1-4-8-12)11-15-9-5-2-6-10-15/h1,3-4,7-8,15H,2,5-6,9-11H2. The van der Waals surface area contributed by atoms with E-state index in [0.29, 0.717) is 5.78 Å². The molecule has 0 spiro atoms. The highest BCUT2D eigenvalue weighted by molar-refractivity contribution is 8.17. The lowest BCUT2D eigenvalue weighted by molar-refractivity contribution is 0.102. The van der Waals surface area contributed by atoms with E-state index in [4.69, 9.17) is 0 Å². The summed E-state index contributed by atoms with van der Waals surface area (Å²) in [7, 11) is 0.0157. The van der Waals surface area contributed by atoms with E-state index < -0.39 is 0 Å². The zero-order valence-electron chi connectivity index (χ0n) is 8.98. The first-order chi connectivity index (χ1) is 7.36. The van der Waals surface area contributed by atoms with Crippen molar-refractivity contribution in [2.24, 2.45) is 0 Å². The maximum atomic E-state index is 11.9. The fourth-order valence-corrected chi connectivity index (χ4v) is 4.51. The molecule has 0 unspecified atom stereocenters. The van der Waals surface area contributed by atoms with Gasteiger partial charge in [-0.15, -0.1) is 0 Å². The van der Waals surface area contributed by atoms with Crippen LogP contribution >= 0.6 is 10.9 Å². The van der Waals surface area contributed by atoms with Gasteiger partial charge in [0.1, 0.15) is 0 Å². The number of carbonyl (C=O) groups is 1. The van der Waals surface area contributed by atoms with Gasteiger partial charge in [0.05, 0.1) is 0 Å². The summed E-state index contributed by atoms with van der Waals surface area (Å²) in [6, 6.07) is 9.72. The van der Waals surface area contributed by atoms with E-state index in [9.17, 15) is 4.79 Å². The van der Waals surface area contributed by atoms with Gasteiger partial charge in [-0.05, 0) is 24.3 Å². The summed E-state index contributed by atoms with van der Waals surface area (Å²) in [5.41, 5.74) is 0.894. The normalized spacial score (nSPS) is 18.8. The van der Waals surface area contributed by atoms with E-state index in [1.54, 1.807) is 0 Å². The third-order valence-corrected chi connectivity index (χ3v) is 5.54. The molecule has 0 saturated carbocycles. The Kier molecular flexibility index (Phi) is 3.84. The van der Waals surface area contributed by atoms with Crippen LogP contribution in [0.4, 0.5) is 0 Å². The largest absolute Gasteiger partial charge is 0.293 e. The minimum atomic E-state index is 0.0157. The second-order valence-corrected chi connectivity index (χ2v) is 6.68. The summed E-state index contributed by atoms with van der Waals surface area (Å²) >= 11 is 0. The maximum Gasteiger partial charge on any atom is 0.170 e. The molecule has 0 aromatic heterocycles. The number of rotatable bonds is 3. The minimum absolute atomic E-state index is 0.0157. The number of thiol groups is 1. The maximum absolute atomic E-state index is 11.9. The Labute approximate surface area is 94.2 Å². The van der Waals surface area contributed by atoms with E-state index in [0.717, 1.165) is 11.3 Å². The molecule has 0 amide bonds. The van der Waals surface area contributed by atoms with Gasteiger partial charge in [-0.25, -0.2) is 10.9 Å². The van der Waals surface area contributed by atoms with Gasteiger partial charge in [-0.3, -0.25) is 4.79 Å². The van der Waals surface area contributed by atoms with E-state index in [2.05, 4.69) is 0 Å². The Bertz CT molecular complexity index is 315. The Balaban J connectivity index is 1.91. The predicted molar refractivity (Wildman–Crippen MR) is 68.2 cm³/mol. The van der Waals surface area contributed by atoms with Crippen LogP contribution < -0.4 is 0 Å². The first kappa shape index (κ1) is 10.7. The molecule has 2 rings (SSSR count). The Morgan fingerprint density at radius 2 is 1.73 bits per heavy atom. The zero-order valence-corrected chi connectivity index (χ0v) is 9.88. The zero-order chi connectivity index (χ0) is 10.5. The lowest BCUT2D eigenvalue weighted by Crippen LogP contribution is -2.12. The van der Waals surface area contributed by atoms with Gasteiger partial charge in [0.25, 0.3) is 0 Å². The molecular weight excluding hydrogens is 204 g/mol. The van der Waals surface area contributed by atoms with Crippen LogP contribution in [0.15, 0.2) is 30.3 Å². The van der Waals surface area contributed by atoms with Crippen molar-refractivity contribution in [3.63, 3.8) is 0 Å². The van der Waals surface area contributed by atoms with Crippen molar-refractivity contribution in [2.75, 3.05) is 17.3 Å². The summed E-state index contributed by atoms with van der Waals surface area (Å²) in [5, 5.41) is 0. The van der Waals surface area contributed by atoms with Gasteiger partial charge in [0, 0.05) is 11.3 Å². The molecule has 1 aliphatic rings. The molecule has 1 aromatic carbocycles. The number of hydrogen-bond donors (Lipinski definition) is 1. The van der Waals surface area contributed by atoms with Gasteiger partial charge in [-0.2, -0.15) is 0 Å². The number of ketones is 1. The molecule has 0 aliphatic carbocycles. The lowest BCUT2D eigenvalue weighted by atomic mass is 10.2. The van der Waals surface area contributed by atoms with Gasteiger partial charge in [-0.1, -0.05) is 36.8 Å². The molecule has 1 fully saturated rings. The molecule has 0 radical (unpaired) electrons. The molecule has 15 heavy (non-hydrogen) atoms. The summed E-state index contributed by atoms with van der Waals surface area (Å²) in [4.78, 5) is 11.9. The first-order valence-electron chi connectivity index (χ1n) is 5.67. The number of carbonyl (C=O) groups excluding carboxylic acids is 1. The second-order valence-electron chi connectivity index (χ2n) is 4.13. The fraction of sp³-hybridized carbons (Fsp3) is 0.462. The van der Waals surface area contributed by atoms with Crippen LogP contribution in [-0.2, 0) is 0 Å². The van der Waals surface area contributed by atoms with Crippen LogP contribution in [0, 0.1) is 0 Å². The Hall–Kier alpha value is -0.760. The van der Waals surface area contributed by atoms with Gasteiger partial charge in [0.15, 0.2) is 5.78 Å². The summed E-state index contributed by atoms with van der Waals surface area (Å²) < 4.78 is 0.